The van der Waals surface area contributed by atoms with Gasteiger partial charge in [0.05, 0.1) is 35.9 Å². The van der Waals surface area contributed by atoms with Crippen molar-refractivity contribution < 1.29 is 19.0 Å². The fraction of sp³-hybridized carbons (Fsp3) is 0.0526. The number of halogens is 2. The second-order valence-electron chi connectivity index (χ2n) is 5.40. The predicted molar refractivity (Wildman–Crippen MR) is 106 cm³/mol. The number of benzene rings is 2. The molecule has 1 aromatic heterocycles. The Hall–Kier alpha value is -2.68. The minimum atomic E-state index is -1.13. The molecule has 1 heterocycles. The number of hydrogen-bond acceptors (Lipinski definition) is 4. The summed E-state index contributed by atoms with van der Waals surface area (Å²) in [7, 11) is 1.57. The molecule has 2 aromatic carbocycles. The van der Waals surface area contributed by atoms with E-state index in [-0.39, 0.29) is 16.9 Å². The Labute approximate surface area is 163 Å². The zero-order chi connectivity index (χ0) is 18.7. The number of hydrogen-bond donors (Lipinski definition) is 2. The molecule has 0 saturated heterocycles. The monoisotopic (exact) mass is 464 g/mol. The number of rotatable bonds is 5. The molecule has 0 bridgehead atoms. The van der Waals surface area contributed by atoms with Gasteiger partial charge in [-0.2, -0.15) is 0 Å². The molecule has 132 valence electrons. The molecular weight excluding hydrogens is 450 g/mol. The molecule has 26 heavy (non-hydrogen) atoms. The van der Waals surface area contributed by atoms with Crippen LogP contribution in [0.3, 0.4) is 0 Å². The highest BCUT2D eigenvalue weighted by Crippen LogP contribution is 2.28. The van der Waals surface area contributed by atoms with E-state index in [1.54, 1.807) is 43.5 Å². The van der Waals surface area contributed by atoms with Gasteiger partial charge in [0.2, 0.25) is 0 Å². The second kappa shape index (κ2) is 7.69. The molecule has 0 amide bonds. The van der Waals surface area contributed by atoms with Crippen LogP contribution in [0, 0.1) is 9.39 Å². The van der Waals surface area contributed by atoms with Crippen LogP contribution in [-0.4, -0.2) is 23.2 Å². The highest BCUT2D eigenvalue weighted by molar-refractivity contribution is 14.1. The smallest absolute Gasteiger partial charge is 0.337 e. The van der Waals surface area contributed by atoms with Gasteiger partial charge in [-0.05, 0) is 71.1 Å². The number of pyridine rings is 1. The number of aromatic carboxylic acids is 1. The first-order valence-electron chi connectivity index (χ1n) is 7.58. The van der Waals surface area contributed by atoms with Crippen LogP contribution in [0.25, 0.3) is 11.3 Å². The van der Waals surface area contributed by atoms with E-state index in [9.17, 15) is 14.3 Å². The number of carboxylic acid groups (broad SMARTS) is 1. The summed E-state index contributed by atoms with van der Waals surface area (Å²) < 4.78 is 19.9. The van der Waals surface area contributed by atoms with Crippen molar-refractivity contribution in [3.05, 3.63) is 69.7 Å². The molecule has 0 spiro atoms. The number of anilines is 2. The third-order valence-electron chi connectivity index (χ3n) is 3.72. The van der Waals surface area contributed by atoms with Crippen LogP contribution >= 0.6 is 22.6 Å². The average molecular weight is 464 g/mol. The van der Waals surface area contributed by atoms with Gasteiger partial charge < -0.3 is 15.2 Å². The molecule has 0 aliphatic heterocycles. The van der Waals surface area contributed by atoms with E-state index in [1.165, 1.54) is 18.3 Å². The van der Waals surface area contributed by atoms with E-state index in [4.69, 9.17) is 4.74 Å². The molecule has 3 rings (SSSR count). The summed E-state index contributed by atoms with van der Waals surface area (Å²) in [5.74, 6) is -0.900. The van der Waals surface area contributed by atoms with Gasteiger partial charge in [0.25, 0.3) is 0 Å². The van der Waals surface area contributed by atoms with Gasteiger partial charge >= 0.3 is 5.97 Å². The number of aromatic nitrogens is 1. The average Bonchev–Trinajstić information content (AvgIpc) is 2.64. The highest BCUT2D eigenvalue weighted by Gasteiger charge is 2.15. The Balaban J connectivity index is 1.97. The van der Waals surface area contributed by atoms with Crippen molar-refractivity contribution in [3.63, 3.8) is 0 Å². The number of ether oxygens (including phenoxy) is 1. The summed E-state index contributed by atoms with van der Waals surface area (Å²) in [5.41, 5.74) is 1.66. The maximum Gasteiger partial charge on any atom is 0.337 e. The van der Waals surface area contributed by atoms with Crippen molar-refractivity contribution >= 4 is 39.9 Å². The minimum absolute atomic E-state index is 0.00349. The third-order valence-corrected chi connectivity index (χ3v) is 4.39. The van der Waals surface area contributed by atoms with Crippen LogP contribution in [0.2, 0.25) is 0 Å². The molecule has 0 aliphatic carbocycles. The molecule has 7 heteroatoms. The highest BCUT2D eigenvalue weighted by atomic mass is 127. The van der Waals surface area contributed by atoms with Crippen LogP contribution in [0.15, 0.2) is 54.7 Å². The van der Waals surface area contributed by atoms with Crippen LogP contribution in [-0.2, 0) is 0 Å². The maximum atomic E-state index is 14.0. The van der Waals surface area contributed by atoms with E-state index >= 15 is 0 Å². The van der Waals surface area contributed by atoms with Gasteiger partial charge in [0.1, 0.15) is 11.6 Å². The summed E-state index contributed by atoms with van der Waals surface area (Å²) >= 11 is 2.00. The van der Waals surface area contributed by atoms with Gasteiger partial charge in [0, 0.05) is 9.13 Å². The Morgan fingerprint density at radius 2 is 1.88 bits per heavy atom. The van der Waals surface area contributed by atoms with Crippen LogP contribution in [0.4, 0.5) is 15.8 Å². The zero-order valence-electron chi connectivity index (χ0n) is 13.7. The Morgan fingerprint density at radius 1 is 1.15 bits per heavy atom. The normalized spacial score (nSPS) is 10.4. The van der Waals surface area contributed by atoms with Crippen molar-refractivity contribution in [3.8, 4) is 17.0 Å². The van der Waals surface area contributed by atoms with Gasteiger partial charge in [-0.3, -0.25) is 4.98 Å². The predicted octanol–water partition coefficient (Wildman–Crippen LogP) is 4.94. The molecule has 2 N–H and O–H groups in total. The lowest BCUT2D eigenvalue weighted by molar-refractivity contribution is 0.0698. The van der Waals surface area contributed by atoms with E-state index in [1.807, 2.05) is 22.6 Å². The number of nitrogens with zero attached hydrogens (tertiary/aromatic N) is 1. The SMILES string of the molecule is COc1ccc(-c2cc(C(=O)O)c(Nc3ccc(I)cc3F)cn2)cc1. The number of methoxy groups -OCH3 is 1. The minimum Gasteiger partial charge on any atom is -0.497 e. The maximum absolute atomic E-state index is 14.0. The third kappa shape index (κ3) is 3.93. The van der Waals surface area contributed by atoms with Crippen molar-refractivity contribution in [2.24, 2.45) is 0 Å². The van der Waals surface area contributed by atoms with E-state index < -0.39 is 11.8 Å². The standard InChI is InChI=1S/C19H14FIN2O3/c1-26-13-5-2-11(3-6-13)17-9-14(19(24)25)18(10-22-17)23-16-7-4-12(21)8-15(16)20/h2-10,23H,1H3,(H,24,25). The van der Waals surface area contributed by atoms with Crippen LogP contribution in [0.1, 0.15) is 10.4 Å². The molecule has 0 saturated carbocycles. The molecule has 0 fully saturated rings. The molecular formula is C19H14FIN2O3. The van der Waals surface area contributed by atoms with Crippen molar-refractivity contribution in [2.75, 3.05) is 12.4 Å². The van der Waals surface area contributed by atoms with E-state index in [0.29, 0.717) is 11.4 Å². The summed E-state index contributed by atoms with van der Waals surface area (Å²) in [5, 5.41) is 12.3. The Bertz CT molecular complexity index is 961. The Morgan fingerprint density at radius 3 is 2.50 bits per heavy atom. The first kappa shape index (κ1) is 18.1. The van der Waals surface area contributed by atoms with Crippen molar-refractivity contribution in [1.29, 1.82) is 0 Å². The zero-order valence-corrected chi connectivity index (χ0v) is 15.8. The van der Waals surface area contributed by atoms with E-state index in [0.717, 1.165) is 9.13 Å². The topological polar surface area (TPSA) is 71.5 Å². The molecule has 0 unspecified atom stereocenters. The van der Waals surface area contributed by atoms with Gasteiger partial charge in [-0.25, -0.2) is 9.18 Å². The number of carbonyl (C=O) groups is 1. The fourth-order valence-electron chi connectivity index (χ4n) is 2.39. The van der Waals surface area contributed by atoms with Gasteiger partial charge in [-0.15, -0.1) is 0 Å². The lowest BCUT2D eigenvalue weighted by Gasteiger charge is -2.12. The quantitative estimate of drug-likeness (QED) is 0.524. The summed E-state index contributed by atoms with van der Waals surface area (Å²) in [6.45, 7) is 0. The number of nitrogens with one attached hydrogen (secondary N) is 1. The molecule has 3 aromatic rings. The second-order valence-corrected chi connectivity index (χ2v) is 6.64. The largest absolute Gasteiger partial charge is 0.497 e. The first-order chi connectivity index (χ1) is 12.5. The molecule has 0 radical (unpaired) electrons. The van der Waals surface area contributed by atoms with Gasteiger partial charge in [-0.1, -0.05) is 0 Å². The lowest BCUT2D eigenvalue weighted by Crippen LogP contribution is -2.05. The first-order valence-corrected chi connectivity index (χ1v) is 8.65. The molecule has 0 aliphatic rings. The number of carboxylic acids is 1. The Kier molecular flexibility index (Phi) is 5.36. The van der Waals surface area contributed by atoms with Crippen LogP contribution < -0.4 is 10.1 Å². The molecule has 5 nitrogen and oxygen atoms in total. The summed E-state index contributed by atoms with van der Waals surface area (Å²) in [6, 6.07) is 13.2. The fourth-order valence-corrected chi connectivity index (χ4v) is 2.84. The van der Waals surface area contributed by atoms with E-state index in [2.05, 4.69) is 10.3 Å². The summed E-state index contributed by atoms with van der Waals surface area (Å²) in [4.78, 5) is 16.0. The summed E-state index contributed by atoms with van der Waals surface area (Å²) in [6.07, 6.45) is 1.39. The van der Waals surface area contributed by atoms with Crippen molar-refractivity contribution in [2.45, 2.75) is 0 Å². The molecule has 0 atom stereocenters. The van der Waals surface area contributed by atoms with Crippen molar-refractivity contribution in [1.82, 2.24) is 4.98 Å². The lowest BCUT2D eigenvalue weighted by atomic mass is 10.1. The van der Waals surface area contributed by atoms with Gasteiger partial charge in [0.15, 0.2) is 0 Å². The van der Waals surface area contributed by atoms with Crippen LogP contribution in [0.5, 0.6) is 5.75 Å².